The van der Waals surface area contributed by atoms with Gasteiger partial charge in [-0.2, -0.15) is 0 Å². The van der Waals surface area contributed by atoms with E-state index in [0.717, 1.165) is 38.6 Å². The zero-order chi connectivity index (χ0) is 9.94. The van der Waals surface area contributed by atoms with Gasteiger partial charge < -0.3 is 10.4 Å². The first kappa shape index (κ1) is 12.9. The van der Waals surface area contributed by atoms with Gasteiger partial charge >= 0.3 is 0 Å². The highest BCUT2D eigenvalue weighted by Gasteiger charge is 1.95. The van der Waals surface area contributed by atoms with E-state index in [4.69, 9.17) is 5.11 Å². The van der Waals surface area contributed by atoms with Crippen LogP contribution in [0.2, 0.25) is 0 Å². The second kappa shape index (κ2) is 9.99. The number of nitrogens with one attached hydrogen (secondary N) is 1. The Kier molecular flexibility index (Phi) is 9.92. The lowest BCUT2D eigenvalue weighted by Gasteiger charge is -2.02. The molecule has 0 aliphatic heterocycles. The summed E-state index contributed by atoms with van der Waals surface area (Å²) in [6, 6.07) is 0. The van der Waals surface area contributed by atoms with Crippen LogP contribution < -0.4 is 5.32 Å². The van der Waals surface area contributed by atoms with Crippen molar-refractivity contribution in [3.63, 3.8) is 0 Å². The fourth-order valence-electron chi connectivity index (χ4n) is 1.04. The molecular formula is C9H18BrNO2. The Morgan fingerprint density at radius 2 is 1.77 bits per heavy atom. The van der Waals surface area contributed by atoms with E-state index in [0.29, 0.717) is 11.9 Å². The van der Waals surface area contributed by atoms with Crippen LogP contribution in [0.4, 0.5) is 0 Å². The van der Waals surface area contributed by atoms with Gasteiger partial charge in [-0.15, -0.1) is 0 Å². The minimum absolute atomic E-state index is 0.0513. The van der Waals surface area contributed by atoms with Crippen molar-refractivity contribution in [3.8, 4) is 0 Å². The van der Waals surface area contributed by atoms with Gasteiger partial charge in [-0.05, 0) is 12.8 Å². The van der Waals surface area contributed by atoms with E-state index in [9.17, 15) is 4.79 Å². The van der Waals surface area contributed by atoms with Gasteiger partial charge in [0.15, 0.2) is 0 Å². The monoisotopic (exact) mass is 251 g/mol. The molecule has 13 heavy (non-hydrogen) atoms. The number of rotatable bonds is 8. The summed E-state index contributed by atoms with van der Waals surface area (Å²) in [5.41, 5.74) is 0. The lowest BCUT2D eigenvalue weighted by Crippen LogP contribution is -2.25. The molecule has 0 bridgehead atoms. The standard InChI is InChI=1S/C9H18BrNO2/c10-8-9(13)11-6-4-2-1-3-5-7-12/h12H,1-8H2,(H,11,13). The topological polar surface area (TPSA) is 49.3 Å². The Labute approximate surface area is 88.0 Å². The molecule has 0 aliphatic rings. The maximum Gasteiger partial charge on any atom is 0.230 e. The van der Waals surface area contributed by atoms with Gasteiger partial charge in [0.25, 0.3) is 0 Å². The molecule has 78 valence electrons. The highest BCUT2D eigenvalue weighted by atomic mass is 79.9. The summed E-state index contributed by atoms with van der Waals surface area (Å²) in [4.78, 5) is 10.8. The van der Waals surface area contributed by atoms with Crippen LogP contribution >= 0.6 is 15.9 Å². The predicted molar refractivity (Wildman–Crippen MR) is 57.0 cm³/mol. The number of amides is 1. The molecule has 0 fully saturated rings. The number of aliphatic hydroxyl groups excluding tert-OH is 1. The molecule has 0 rings (SSSR count). The normalized spacial score (nSPS) is 10.0. The minimum atomic E-state index is 0.0513. The summed E-state index contributed by atoms with van der Waals surface area (Å²) in [6.07, 6.45) is 5.29. The van der Waals surface area contributed by atoms with Crippen LogP contribution in [0.25, 0.3) is 0 Å². The number of carbonyl (C=O) groups is 1. The van der Waals surface area contributed by atoms with Crippen LogP contribution in [0.1, 0.15) is 32.1 Å². The molecule has 0 radical (unpaired) electrons. The molecule has 0 aromatic heterocycles. The number of halogens is 1. The smallest absolute Gasteiger partial charge is 0.230 e. The highest BCUT2D eigenvalue weighted by Crippen LogP contribution is 2.01. The first-order valence-corrected chi connectivity index (χ1v) is 5.87. The van der Waals surface area contributed by atoms with Crippen LogP contribution in [0.15, 0.2) is 0 Å². The predicted octanol–water partition coefficient (Wildman–Crippen LogP) is 1.44. The number of alkyl halides is 1. The average Bonchev–Trinajstić information content (AvgIpc) is 2.16. The Hall–Kier alpha value is -0.0900. The lowest BCUT2D eigenvalue weighted by molar-refractivity contribution is -0.118. The van der Waals surface area contributed by atoms with Gasteiger partial charge in [-0.1, -0.05) is 35.2 Å². The van der Waals surface area contributed by atoms with Crippen molar-refractivity contribution in [2.24, 2.45) is 0 Å². The molecule has 4 heteroatoms. The van der Waals surface area contributed by atoms with Crippen molar-refractivity contribution in [2.75, 3.05) is 18.5 Å². The number of hydrogen-bond donors (Lipinski definition) is 2. The van der Waals surface area contributed by atoms with Gasteiger partial charge in [0, 0.05) is 13.2 Å². The largest absolute Gasteiger partial charge is 0.396 e. The minimum Gasteiger partial charge on any atom is -0.396 e. The zero-order valence-corrected chi connectivity index (χ0v) is 9.48. The molecule has 0 heterocycles. The molecule has 0 atom stereocenters. The van der Waals surface area contributed by atoms with Crippen molar-refractivity contribution in [1.82, 2.24) is 5.32 Å². The van der Waals surface area contributed by atoms with Crippen molar-refractivity contribution < 1.29 is 9.90 Å². The summed E-state index contributed by atoms with van der Waals surface area (Å²) >= 11 is 3.08. The molecule has 1 amide bonds. The Morgan fingerprint density at radius 1 is 1.15 bits per heavy atom. The van der Waals surface area contributed by atoms with Gasteiger partial charge in [0.05, 0.1) is 5.33 Å². The average molecular weight is 252 g/mol. The summed E-state index contributed by atoms with van der Waals surface area (Å²) in [5, 5.41) is 11.7. The summed E-state index contributed by atoms with van der Waals surface area (Å²) in [7, 11) is 0. The van der Waals surface area contributed by atoms with Crippen molar-refractivity contribution in [3.05, 3.63) is 0 Å². The third kappa shape index (κ3) is 9.83. The highest BCUT2D eigenvalue weighted by molar-refractivity contribution is 9.09. The van der Waals surface area contributed by atoms with Crippen LogP contribution in [-0.2, 0) is 4.79 Å². The number of unbranched alkanes of at least 4 members (excludes halogenated alkanes) is 4. The lowest BCUT2D eigenvalue weighted by atomic mass is 10.1. The molecule has 0 aromatic rings. The van der Waals surface area contributed by atoms with E-state index in [-0.39, 0.29) is 5.91 Å². The molecule has 0 aliphatic carbocycles. The van der Waals surface area contributed by atoms with Crippen molar-refractivity contribution >= 4 is 21.8 Å². The van der Waals surface area contributed by atoms with E-state index in [1.807, 2.05) is 0 Å². The van der Waals surface area contributed by atoms with E-state index in [1.165, 1.54) is 0 Å². The van der Waals surface area contributed by atoms with Crippen molar-refractivity contribution in [1.29, 1.82) is 0 Å². The van der Waals surface area contributed by atoms with E-state index in [2.05, 4.69) is 21.2 Å². The quantitative estimate of drug-likeness (QED) is 0.507. The molecular weight excluding hydrogens is 234 g/mol. The first-order chi connectivity index (χ1) is 6.31. The molecule has 0 spiro atoms. The summed E-state index contributed by atoms with van der Waals surface area (Å²) < 4.78 is 0. The van der Waals surface area contributed by atoms with Crippen LogP contribution in [0.3, 0.4) is 0 Å². The van der Waals surface area contributed by atoms with Crippen LogP contribution in [0, 0.1) is 0 Å². The zero-order valence-electron chi connectivity index (χ0n) is 7.89. The number of carbonyl (C=O) groups excluding carboxylic acids is 1. The molecule has 2 N–H and O–H groups in total. The Bertz CT molecular complexity index is 131. The van der Waals surface area contributed by atoms with E-state index >= 15 is 0 Å². The molecule has 0 saturated carbocycles. The van der Waals surface area contributed by atoms with E-state index < -0.39 is 0 Å². The maximum atomic E-state index is 10.8. The van der Waals surface area contributed by atoms with Gasteiger partial charge in [0.1, 0.15) is 0 Å². The maximum absolute atomic E-state index is 10.8. The first-order valence-electron chi connectivity index (χ1n) is 4.74. The molecule has 0 saturated heterocycles. The number of aliphatic hydroxyl groups is 1. The van der Waals surface area contributed by atoms with Gasteiger partial charge in [-0.3, -0.25) is 4.79 Å². The fourth-order valence-corrected chi connectivity index (χ4v) is 1.24. The fraction of sp³-hybridized carbons (Fsp3) is 0.889. The molecule has 0 unspecified atom stereocenters. The summed E-state index contributed by atoms with van der Waals surface area (Å²) in [5.74, 6) is 0.0513. The third-order valence-corrected chi connectivity index (χ3v) is 2.29. The van der Waals surface area contributed by atoms with Crippen LogP contribution in [0.5, 0.6) is 0 Å². The van der Waals surface area contributed by atoms with Gasteiger partial charge in [0.2, 0.25) is 5.91 Å². The SMILES string of the molecule is O=C(CBr)NCCCCCCCO. The summed E-state index contributed by atoms with van der Waals surface area (Å²) in [6.45, 7) is 1.06. The van der Waals surface area contributed by atoms with Crippen LogP contribution in [-0.4, -0.2) is 29.5 Å². The Morgan fingerprint density at radius 3 is 2.38 bits per heavy atom. The second-order valence-electron chi connectivity index (χ2n) is 2.97. The number of hydrogen-bond acceptors (Lipinski definition) is 2. The van der Waals surface area contributed by atoms with Gasteiger partial charge in [-0.25, -0.2) is 0 Å². The molecule has 0 aromatic carbocycles. The Balaban J connectivity index is 2.95. The van der Waals surface area contributed by atoms with E-state index in [1.54, 1.807) is 0 Å². The molecule has 3 nitrogen and oxygen atoms in total. The van der Waals surface area contributed by atoms with Crippen molar-refractivity contribution in [2.45, 2.75) is 32.1 Å². The third-order valence-electron chi connectivity index (χ3n) is 1.78. The second-order valence-corrected chi connectivity index (χ2v) is 3.54.